The molecule has 0 aromatic heterocycles. The first-order valence-corrected chi connectivity index (χ1v) is 11.1. The van der Waals surface area contributed by atoms with Crippen molar-refractivity contribution in [2.75, 3.05) is 0 Å². The summed E-state index contributed by atoms with van der Waals surface area (Å²) >= 11 is 0. The number of hydrogen-bond donors (Lipinski definition) is 1. The third kappa shape index (κ3) is 3.89. The lowest BCUT2D eigenvalue weighted by molar-refractivity contribution is 0.106. The number of aliphatic hydroxyl groups excluding tert-OH is 1. The monoisotopic (exact) mass is 306 g/mol. The summed E-state index contributed by atoms with van der Waals surface area (Å²) in [5, 5.41) is 10.4. The Hall–Kier alpha value is -0.803. The summed E-state index contributed by atoms with van der Waals surface area (Å²) in [5.74, 6) is 1.25. The summed E-state index contributed by atoms with van der Waals surface area (Å²) in [6.07, 6.45) is 4.19. The fraction of sp³-hybridized carbons (Fsp3) is 0.667. The summed E-state index contributed by atoms with van der Waals surface area (Å²) in [6, 6.07) is 8.41. The molecule has 0 bridgehead atoms. The van der Waals surface area contributed by atoms with E-state index < -0.39 is 8.32 Å². The Labute approximate surface area is 130 Å². The Morgan fingerprint density at radius 1 is 1.14 bits per heavy atom. The molecular weight excluding hydrogens is 276 g/mol. The van der Waals surface area contributed by atoms with Gasteiger partial charge >= 0.3 is 0 Å². The molecule has 0 amide bonds. The Bertz CT molecular complexity index is 476. The van der Waals surface area contributed by atoms with Crippen molar-refractivity contribution in [3.63, 3.8) is 0 Å². The molecule has 1 aliphatic carbocycles. The van der Waals surface area contributed by atoms with Gasteiger partial charge in [0.1, 0.15) is 5.75 Å². The lowest BCUT2D eigenvalue weighted by atomic mass is 9.82. The van der Waals surface area contributed by atoms with Crippen LogP contribution >= 0.6 is 0 Å². The van der Waals surface area contributed by atoms with E-state index in [1.807, 2.05) is 0 Å². The second-order valence-electron chi connectivity index (χ2n) is 7.89. The zero-order chi connectivity index (χ0) is 15.7. The molecule has 1 saturated carbocycles. The molecule has 0 aliphatic heterocycles. The quantitative estimate of drug-likeness (QED) is 0.788. The van der Waals surface area contributed by atoms with E-state index in [0.717, 1.165) is 25.0 Å². The molecular formula is C18H30O2Si. The SMILES string of the molecule is CC(C)(C)[Si](C)(C)Oc1cccc([C@@H]2CCCC[C@H]2O)c1. The smallest absolute Gasteiger partial charge is 0.250 e. The van der Waals surface area contributed by atoms with Gasteiger partial charge in [0, 0.05) is 5.92 Å². The molecule has 118 valence electrons. The minimum atomic E-state index is -1.80. The third-order valence-corrected chi connectivity index (χ3v) is 9.55. The molecule has 2 atom stereocenters. The first-order chi connectivity index (χ1) is 9.71. The third-order valence-electron chi connectivity index (χ3n) is 5.19. The van der Waals surface area contributed by atoms with Gasteiger partial charge in [0.25, 0.3) is 0 Å². The highest BCUT2D eigenvalue weighted by atomic mass is 28.4. The number of hydrogen-bond acceptors (Lipinski definition) is 2. The van der Waals surface area contributed by atoms with E-state index in [-0.39, 0.29) is 17.1 Å². The van der Waals surface area contributed by atoms with E-state index in [2.05, 4.69) is 58.1 Å². The fourth-order valence-corrected chi connectivity index (χ4v) is 3.78. The van der Waals surface area contributed by atoms with Crippen LogP contribution in [0.15, 0.2) is 24.3 Å². The highest BCUT2D eigenvalue weighted by Crippen LogP contribution is 2.39. The molecule has 1 aromatic carbocycles. The summed E-state index contributed by atoms with van der Waals surface area (Å²) in [6.45, 7) is 11.3. The predicted octanol–water partition coefficient (Wildman–Crippen LogP) is 5.09. The molecule has 2 rings (SSSR count). The van der Waals surface area contributed by atoms with Gasteiger partial charge in [-0.2, -0.15) is 0 Å². The summed E-state index contributed by atoms with van der Waals surface area (Å²) < 4.78 is 6.39. The predicted molar refractivity (Wildman–Crippen MR) is 91.5 cm³/mol. The fourth-order valence-electron chi connectivity index (χ4n) is 2.76. The second kappa shape index (κ2) is 6.13. The summed E-state index contributed by atoms with van der Waals surface area (Å²) in [4.78, 5) is 0. The standard InChI is InChI=1S/C18H30O2Si/c1-18(2,3)21(4,5)20-15-10-8-9-14(13-15)16-11-6-7-12-17(16)19/h8-10,13,16-17,19H,6-7,11-12H2,1-5H3/t16-,17+/m0/s1. The maximum atomic E-state index is 10.2. The van der Waals surface area contributed by atoms with Crippen LogP contribution in [0.4, 0.5) is 0 Å². The van der Waals surface area contributed by atoms with E-state index >= 15 is 0 Å². The van der Waals surface area contributed by atoms with Gasteiger partial charge in [0.15, 0.2) is 0 Å². The molecule has 0 unspecified atom stereocenters. The van der Waals surface area contributed by atoms with Gasteiger partial charge in [-0.3, -0.25) is 0 Å². The van der Waals surface area contributed by atoms with Crippen molar-refractivity contribution in [1.82, 2.24) is 0 Å². The van der Waals surface area contributed by atoms with Crippen LogP contribution in [0.25, 0.3) is 0 Å². The topological polar surface area (TPSA) is 29.5 Å². The average molecular weight is 307 g/mol. The minimum absolute atomic E-state index is 0.193. The maximum absolute atomic E-state index is 10.2. The minimum Gasteiger partial charge on any atom is -0.543 e. The second-order valence-corrected chi connectivity index (χ2v) is 12.6. The van der Waals surface area contributed by atoms with Gasteiger partial charge in [0.2, 0.25) is 8.32 Å². The van der Waals surface area contributed by atoms with E-state index in [1.54, 1.807) is 0 Å². The first-order valence-electron chi connectivity index (χ1n) is 8.18. The van der Waals surface area contributed by atoms with Crippen LogP contribution < -0.4 is 4.43 Å². The number of benzene rings is 1. The van der Waals surface area contributed by atoms with Crippen LogP contribution in [0.1, 0.15) is 57.9 Å². The molecule has 0 heterocycles. The number of rotatable bonds is 3. The van der Waals surface area contributed by atoms with Crippen molar-refractivity contribution in [2.45, 2.75) is 76.6 Å². The van der Waals surface area contributed by atoms with Crippen LogP contribution in [0.2, 0.25) is 18.1 Å². The normalized spacial score (nSPS) is 23.9. The Morgan fingerprint density at radius 2 is 1.81 bits per heavy atom. The lowest BCUT2D eigenvalue weighted by Gasteiger charge is -2.36. The summed E-state index contributed by atoms with van der Waals surface area (Å²) in [5.41, 5.74) is 1.23. The zero-order valence-corrected chi connectivity index (χ0v) is 15.1. The molecule has 21 heavy (non-hydrogen) atoms. The van der Waals surface area contributed by atoms with Gasteiger partial charge in [-0.15, -0.1) is 0 Å². The Morgan fingerprint density at radius 3 is 2.43 bits per heavy atom. The van der Waals surface area contributed by atoms with E-state index in [1.165, 1.54) is 12.0 Å². The van der Waals surface area contributed by atoms with Crippen molar-refractivity contribution in [1.29, 1.82) is 0 Å². The lowest BCUT2D eigenvalue weighted by Crippen LogP contribution is -2.43. The van der Waals surface area contributed by atoms with Crippen LogP contribution in [0, 0.1) is 0 Å². The van der Waals surface area contributed by atoms with Crippen molar-refractivity contribution in [3.05, 3.63) is 29.8 Å². The van der Waals surface area contributed by atoms with Gasteiger partial charge in [-0.1, -0.05) is 45.7 Å². The van der Waals surface area contributed by atoms with Crippen molar-refractivity contribution in [3.8, 4) is 5.75 Å². The molecule has 1 fully saturated rings. The highest BCUT2D eigenvalue weighted by Gasteiger charge is 2.39. The van der Waals surface area contributed by atoms with Gasteiger partial charge in [-0.25, -0.2) is 0 Å². The van der Waals surface area contributed by atoms with Crippen LogP contribution in [0.3, 0.4) is 0 Å². The molecule has 0 spiro atoms. The molecule has 1 aromatic rings. The Balaban J connectivity index is 2.18. The van der Waals surface area contributed by atoms with Gasteiger partial charge < -0.3 is 9.53 Å². The molecule has 0 radical (unpaired) electrons. The molecule has 0 saturated heterocycles. The average Bonchev–Trinajstić information content (AvgIpc) is 2.37. The maximum Gasteiger partial charge on any atom is 0.250 e. The molecule has 3 heteroatoms. The first kappa shape index (κ1) is 16.6. The largest absolute Gasteiger partial charge is 0.543 e. The van der Waals surface area contributed by atoms with Crippen LogP contribution in [0.5, 0.6) is 5.75 Å². The Kier molecular flexibility index (Phi) is 4.84. The van der Waals surface area contributed by atoms with E-state index in [9.17, 15) is 5.11 Å². The van der Waals surface area contributed by atoms with Crippen molar-refractivity contribution in [2.24, 2.45) is 0 Å². The molecule has 2 nitrogen and oxygen atoms in total. The zero-order valence-electron chi connectivity index (χ0n) is 14.1. The van der Waals surface area contributed by atoms with Crippen molar-refractivity contribution >= 4 is 8.32 Å². The summed E-state index contributed by atoms with van der Waals surface area (Å²) in [7, 11) is -1.80. The molecule has 1 aliphatic rings. The van der Waals surface area contributed by atoms with Crippen LogP contribution in [-0.2, 0) is 0 Å². The van der Waals surface area contributed by atoms with Gasteiger partial charge in [-0.05, 0) is 48.7 Å². The highest BCUT2D eigenvalue weighted by molar-refractivity contribution is 6.74. The van der Waals surface area contributed by atoms with E-state index in [0.29, 0.717) is 0 Å². The molecule has 1 N–H and O–H groups in total. The number of aliphatic hydroxyl groups is 1. The van der Waals surface area contributed by atoms with E-state index in [4.69, 9.17) is 4.43 Å². The van der Waals surface area contributed by atoms with Crippen LogP contribution in [-0.4, -0.2) is 19.5 Å². The van der Waals surface area contributed by atoms with Crippen molar-refractivity contribution < 1.29 is 9.53 Å². The van der Waals surface area contributed by atoms with Gasteiger partial charge in [0.05, 0.1) is 6.10 Å².